The molecule has 1 N–H and O–H groups in total. The van der Waals surface area contributed by atoms with Crippen LogP contribution in [-0.4, -0.2) is 56.1 Å². The highest BCUT2D eigenvalue weighted by Crippen LogP contribution is 2.30. The van der Waals surface area contributed by atoms with Crippen molar-refractivity contribution in [3.63, 3.8) is 0 Å². The number of para-hydroxylation sites is 2. The number of ether oxygens (including phenoxy) is 1. The summed E-state index contributed by atoms with van der Waals surface area (Å²) in [6.07, 6.45) is 1.00. The van der Waals surface area contributed by atoms with Crippen LogP contribution in [-0.2, 0) is 26.2 Å². The molecular formula is C25H34FN3O5S. The molecule has 2 rings (SSSR count). The number of anilines is 1. The molecule has 0 saturated heterocycles. The predicted molar refractivity (Wildman–Crippen MR) is 134 cm³/mol. The van der Waals surface area contributed by atoms with E-state index in [1.807, 2.05) is 20.8 Å². The number of amides is 2. The SMILES string of the molecule is CCOc1ccccc1N(CC(=O)N(Cc1ccc(F)cc1)[C@@H](C)C(=O)NC(C)(C)C)S(C)(=O)=O. The summed E-state index contributed by atoms with van der Waals surface area (Å²) < 4.78 is 45.4. The minimum Gasteiger partial charge on any atom is -0.492 e. The summed E-state index contributed by atoms with van der Waals surface area (Å²) in [5, 5.41) is 2.85. The van der Waals surface area contributed by atoms with Gasteiger partial charge in [-0.2, -0.15) is 0 Å². The first kappa shape index (κ1) is 28.1. The van der Waals surface area contributed by atoms with E-state index in [9.17, 15) is 22.4 Å². The van der Waals surface area contributed by atoms with Gasteiger partial charge in [-0.3, -0.25) is 13.9 Å². The van der Waals surface area contributed by atoms with Crippen LogP contribution in [0.3, 0.4) is 0 Å². The molecule has 0 bridgehead atoms. The highest BCUT2D eigenvalue weighted by Gasteiger charge is 2.32. The minimum atomic E-state index is -3.88. The maximum absolute atomic E-state index is 13.6. The van der Waals surface area contributed by atoms with E-state index in [4.69, 9.17) is 4.74 Å². The Labute approximate surface area is 207 Å². The lowest BCUT2D eigenvalue weighted by Gasteiger charge is -2.33. The van der Waals surface area contributed by atoms with E-state index in [1.54, 1.807) is 38.1 Å². The zero-order valence-corrected chi connectivity index (χ0v) is 21.9. The smallest absolute Gasteiger partial charge is 0.244 e. The number of nitrogens with zero attached hydrogens (tertiary/aromatic N) is 2. The summed E-state index contributed by atoms with van der Waals surface area (Å²) in [7, 11) is -3.88. The number of sulfonamides is 1. The maximum atomic E-state index is 13.6. The number of carbonyl (C=O) groups excluding carboxylic acids is 2. The van der Waals surface area contributed by atoms with Gasteiger partial charge in [0, 0.05) is 12.1 Å². The fourth-order valence-electron chi connectivity index (χ4n) is 3.38. The third-order valence-corrected chi connectivity index (χ3v) is 6.17. The van der Waals surface area contributed by atoms with Crippen LogP contribution in [0.1, 0.15) is 40.2 Å². The second-order valence-corrected chi connectivity index (χ2v) is 11.1. The first-order valence-electron chi connectivity index (χ1n) is 11.3. The third kappa shape index (κ3) is 8.24. The van der Waals surface area contributed by atoms with Crippen LogP contribution in [0.15, 0.2) is 48.5 Å². The Morgan fingerprint density at radius 1 is 1.09 bits per heavy atom. The standard InChI is InChI=1S/C25H34FN3O5S/c1-7-34-22-11-9-8-10-21(22)29(35(6,32)33)17-23(30)28(16-19-12-14-20(26)15-13-19)18(2)24(31)27-25(3,4)5/h8-15,18H,7,16-17H2,1-6H3,(H,27,31)/t18-/m0/s1. The number of carbonyl (C=O) groups is 2. The van der Waals surface area contributed by atoms with Crippen molar-refractivity contribution < 1.29 is 27.1 Å². The van der Waals surface area contributed by atoms with E-state index in [2.05, 4.69) is 5.32 Å². The topological polar surface area (TPSA) is 96.0 Å². The van der Waals surface area contributed by atoms with Crippen LogP contribution in [0.4, 0.5) is 10.1 Å². The number of nitrogens with one attached hydrogen (secondary N) is 1. The van der Waals surface area contributed by atoms with Crippen molar-refractivity contribution in [1.82, 2.24) is 10.2 Å². The van der Waals surface area contributed by atoms with Gasteiger partial charge in [0.1, 0.15) is 24.2 Å². The Kier molecular flexibility index (Phi) is 9.25. The molecule has 35 heavy (non-hydrogen) atoms. The summed E-state index contributed by atoms with van der Waals surface area (Å²) in [4.78, 5) is 27.8. The maximum Gasteiger partial charge on any atom is 0.244 e. The summed E-state index contributed by atoms with van der Waals surface area (Å²) in [6.45, 7) is 8.55. The summed E-state index contributed by atoms with van der Waals surface area (Å²) in [5.41, 5.74) is 0.278. The zero-order valence-electron chi connectivity index (χ0n) is 21.0. The number of rotatable bonds is 10. The van der Waals surface area contributed by atoms with Gasteiger partial charge in [0.25, 0.3) is 0 Å². The lowest BCUT2D eigenvalue weighted by Crippen LogP contribution is -2.54. The molecule has 2 aromatic rings. The van der Waals surface area contributed by atoms with Crippen molar-refractivity contribution >= 4 is 27.5 Å². The predicted octanol–water partition coefficient (Wildman–Crippen LogP) is 3.32. The summed E-state index contributed by atoms with van der Waals surface area (Å²) in [5.74, 6) is -1.10. The Morgan fingerprint density at radius 3 is 2.23 bits per heavy atom. The molecule has 0 aromatic heterocycles. The molecule has 0 aliphatic carbocycles. The van der Waals surface area contributed by atoms with Crippen LogP contribution in [0.5, 0.6) is 5.75 Å². The largest absolute Gasteiger partial charge is 0.492 e. The lowest BCUT2D eigenvalue weighted by atomic mass is 10.1. The van der Waals surface area contributed by atoms with Crippen molar-refractivity contribution in [2.45, 2.75) is 52.7 Å². The Morgan fingerprint density at radius 2 is 1.69 bits per heavy atom. The highest BCUT2D eigenvalue weighted by molar-refractivity contribution is 7.92. The molecule has 0 saturated carbocycles. The van der Waals surface area contributed by atoms with Gasteiger partial charge in [-0.25, -0.2) is 12.8 Å². The summed E-state index contributed by atoms with van der Waals surface area (Å²) in [6, 6.07) is 11.2. The van der Waals surface area contributed by atoms with E-state index in [0.29, 0.717) is 17.9 Å². The van der Waals surface area contributed by atoms with Gasteiger partial charge in [-0.15, -0.1) is 0 Å². The van der Waals surface area contributed by atoms with Gasteiger partial charge in [-0.1, -0.05) is 24.3 Å². The number of hydrogen-bond acceptors (Lipinski definition) is 5. The van der Waals surface area contributed by atoms with Gasteiger partial charge in [-0.05, 0) is 64.4 Å². The van der Waals surface area contributed by atoms with Crippen molar-refractivity contribution in [1.29, 1.82) is 0 Å². The molecule has 0 aliphatic rings. The normalized spacial score (nSPS) is 12.5. The molecule has 192 valence electrons. The molecule has 0 unspecified atom stereocenters. The van der Waals surface area contributed by atoms with Gasteiger partial charge in [0.15, 0.2) is 0 Å². The van der Waals surface area contributed by atoms with Crippen LogP contribution >= 0.6 is 0 Å². The van der Waals surface area contributed by atoms with Crippen molar-refractivity contribution in [2.24, 2.45) is 0 Å². The lowest BCUT2D eigenvalue weighted by molar-refractivity contribution is -0.140. The monoisotopic (exact) mass is 507 g/mol. The van der Waals surface area contributed by atoms with Crippen molar-refractivity contribution in [3.8, 4) is 5.75 Å². The number of hydrogen-bond donors (Lipinski definition) is 1. The van der Waals surface area contributed by atoms with E-state index in [0.717, 1.165) is 10.6 Å². The van der Waals surface area contributed by atoms with E-state index in [-0.39, 0.29) is 12.2 Å². The second kappa shape index (κ2) is 11.5. The van der Waals surface area contributed by atoms with Crippen LogP contribution < -0.4 is 14.4 Å². The molecular weight excluding hydrogens is 473 g/mol. The van der Waals surface area contributed by atoms with Gasteiger partial charge < -0.3 is 15.0 Å². The van der Waals surface area contributed by atoms with Gasteiger partial charge in [0.2, 0.25) is 21.8 Å². The van der Waals surface area contributed by atoms with E-state index in [1.165, 1.54) is 29.2 Å². The molecule has 8 nitrogen and oxygen atoms in total. The average molecular weight is 508 g/mol. The van der Waals surface area contributed by atoms with Crippen molar-refractivity contribution in [3.05, 3.63) is 59.9 Å². The Bertz CT molecular complexity index is 1130. The Hall–Kier alpha value is -3.14. The molecule has 0 aliphatic heterocycles. The Balaban J connectivity index is 2.44. The molecule has 10 heteroatoms. The highest BCUT2D eigenvalue weighted by atomic mass is 32.2. The van der Waals surface area contributed by atoms with Crippen LogP contribution in [0.2, 0.25) is 0 Å². The average Bonchev–Trinajstić information content (AvgIpc) is 2.75. The van der Waals surface area contributed by atoms with Gasteiger partial charge in [0.05, 0.1) is 18.6 Å². The zero-order chi connectivity index (χ0) is 26.4. The molecule has 0 radical (unpaired) electrons. The molecule has 0 fully saturated rings. The van der Waals surface area contributed by atoms with E-state index >= 15 is 0 Å². The number of benzene rings is 2. The fraction of sp³-hybridized carbons (Fsp3) is 0.440. The third-order valence-electron chi connectivity index (χ3n) is 5.04. The first-order chi connectivity index (χ1) is 16.2. The molecule has 1 atom stereocenters. The van der Waals surface area contributed by atoms with E-state index < -0.39 is 45.8 Å². The first-order valence-corrected chi connectivity index (χ1v) is 13.1. The van der Waals surface area contributed by atoms with Crippen LogP contribution in [0, 0.1) is 5.82 Å². The molecule has 0 spiro atoms. The molecule has 0 heterocycles. The second-order valence-electron chi connectivity index (χ2n) is 9.23. The molecule has 2 aromatic carbocycles. The fourth-order valence-corrected chi connectivity index (χ4v) is 4.23. The molecule has 2 amide bonds. The quantitative estimate of drug-likeness (QED) is 0.532. The summed E-state index contributed by atoms with van der Waals surface area (Å²) >= 11 is 0. The van der Waals surface area contributed by atoms with Gasteiger partial charge >= 0.3 is 0 Å². The number of halogens is 1. The van der Waals surface area contributed by atoms with Crippen molar-refractivity contribution in [2.75, 3.05) is 23.7 Å². The van der Waals surface area contributed by atoms with Crippen LogP contribution in [0.25, 0.3) is 0 Å². The minimum absolute atomic E-state index is 0.0114.